The van der Waals surface area contributed by atoms with Crippen molar-refractivity contribution in [1.82, 2.24) is 10.6 Å². The van der Waals surface area contributed by atoms with Crippen molar-refractivity contribution in [2.24, 2.45) is 5.73 Å². The molecule has 3 atom stereocenters. The van der Waals surface area contributed by atoms with E-state index in [0.717, 1.165) is 6.92 Å². The monoisotopic (exact) mass is 449 g/mol. The molecule has 1 aromatic carbocycles. The summed E-state index contributed by atoms with van der Waals surface area (Å²) in [5.74, 6) is -5.73. The average Bonchev–Trinajstić information content (AvgIpc) is 2.72. The molecule has 0 saturated carbocycles. The van der Waals surface area contributed by atoms with Crippen LogP contribution in [0, 0.1) is 0 Å². The van der Waals surface area contributed by atoms with Gasteiger partial charge in [-0.1, -0.05) is 30.3 Å². The highest BCUT2D eigenvalue weighted by molar-refractivity contribution is 5.91. The number of carbonyl (C=O) groups is 4. The molecule has 0 heterocycles. The molecule has 0 aliphatic carbocycles. The number of halogens is 3. The van der Waals surface area contributed by atoms with Crippen molar-refractivity contribution in [3.05, 3.63) is 35.9 Å². The Morgan fingerprint density at radius 3 is 2.23 bits per heavy atom. The second kappa shape index (κ2) is 11.9. The summed E-state index contributed by atoms with van der Waals surface area (Å²) in [6.07, 6.45) is -6.77. The number of aliphatic hydroxyl groups excluding tert-OH is 1. The van der Waals surface area contributed by atoms with Crippen LogP contribution in [0.5, 0.6) is 0 Å². The molecule has 31 heavy (non-hydrogen) atoms. The number of aliphatic hydroxyl groups is 1. The second-order valence-corrected chi connectivity index (χ2v) is 6.24. The number of nitrogens with two attached hydrogens (primary N) is 1. The molecule has 1 rings (SSSR count). The number of hydrogen-bond acceptors (Lipinski definition) is 8. The van der Waals surface area contributed by atoms with Gasteiger partial charge in [0.25, 0.3) is 0 Å². The summed E-state index contributed by atoms with van der Waals surface area (Å²) in [4.78, 5) is 47.1. The lowest BCUT2D eigenvalue weighted by atomic mass is 10.1. The molecule has 0 unspecified atom stereocenters. The standard InChI is InChI=1S/C18H22F3N3O7/c1-10(25)14(24-13(26)7-22)15(27)23-12(9-31-17(29)18(19,20)21)16(28)30-8-11-5-3-2-4-6-11/h2-6,10,12,14,25H,7-9,22H2,1H3,(H,23,27)(H,24,26)/t10-,12-,14-/m0/s1. The molecule has 0 spiro atoms. The number of alkyl halides is 3. The molecule has 0 bridgehead atoms. The van der Waals surface area contributed by atoms with Crippen molar-refractivity contribution in [2.45, 2.75) is 37.9 Å². The summed E-state index contributed by atoms with van der Waals surface area (Å²) in [7, 11) is 0. The number of ether oxygens (including phenoxy) is 2. The first-order valence-corrected chi connectivity index (χ1v) is 8.88. The predicted molar refractivity (Wildman–Crippen MR) is 97.8 cm³/mol. The fourth-order valence-corrected chi connectivity index (χ4v) is 2.14. The Morgan fingerprint density at radius 2 is 1.71 bits per heavy atom. The summed E-state index contributed by atoms with van der Waals surface area (Å²) in [5.41, 5.74) is 5.67. The normalized spacial score (nSPS) is 14.0. The van der Waals surface area contributed by atoms with Crippen LogP contribution in [0.15, 0.2) is 30.3 Å². The Kier molecular flexibility index (Phi) is 9.89. The van der Waals surface area contributed by atoms with E-state index in [2.05, 4.69) is 10.1 Å². The summed E-state index contributed by atoms with van der Waals surface area (Å²) >= 11 is 0. The molecule has 2 amide bonds. The van der Waals surface area contributed by atoms with Gasteiger partial charge in [-0.05, 0) is 12.5 Å². The molecular weight excluding hydrogens is 427 g/mol. The molecule has 0 saturated heterocycles. The maximum atomic E-state index is 12.4. The van der Waals surface area contributed by atoms with Crippen LogP contribution >= 0.6 is 0 Å². The quantitative estimate of drug-likeness (QED) is 0.336. The van der Waals surface area contributed by atoms with Crippen LogP contribution in [0.3, 0.4) is 0 Å². The number of benzene rings is 1. The fourth-order valence-electron chi connectivity index (χ4n) is 2.14. The number of hydrogen-bond donors (Lipinski definition) is 4. The van der Waals surface area contributed by atoms with Crippen molar-refractivity contribution in [3.8, 4) is 0 Å². The molecule has 0 aliphatic heterocycles. The van der Waals surface area contributed by atoms with E-state index in [4.69, 9.17) is 10.5 Å². The third-order valence-electron chi connectivity index (χ3n) is 3.70. The molecule has 13 heteroatoms. The van der Waals surface area contributed by atoms with Gasteiger partial charge in [0.2, 0.25) is 11.8 Å². The van der Waals surface area contributed by atoms with Crippen molar-refractivity contribution < 1.29 is 46.9 Å². The van der Waals surface area contributed by atoms with E-state index in [9.17, 15) is 37.5 Å². The number of esters is 2. The number of rotatable bonds is 10. The van der Waals surface area contributed by atoms with E-state index in [1.807, 2.05) is 5.32 Å². The maximum absolute atomic E-state index is 12.4. The number of nitrogens with one attached hydrogen (secondary N) is 2. The van der Waals surface area contributed by atoms with Gasteiger partial charge in [0.15, 0.2) is 6.04 Å². The number of amides is 2. The van der Waals surface area contributed by atoms with Crippen molar-refractivity contribution in [3.63, 3.8) is 0 Å². The Morgan fingerprint density at radius 1 is 1.10 bits per heavy atom. The summed E-state index contributed by atoms with van der Waals surface area (Å²) < 4.78 is 46.1. The van der Waals surface area contributed by atoms with Gasteiger partial charge in [0, 0.05) is 0 Å². The fraction of sp³-hybridized carbons (Fsp3) is 0.444. The van der Waals surface area contributed by atoms with E-state index < -0.39 is 61.3 Å². The first kappa shape index (κ1) is 25.8. The van der Waals surface area contributed by atoms with Gasteiger partial charge in [-0.3, -0.25) is 9.59 Å². The minimum Gasteiger partial charge on any atom is -0.459 e. The van der Waals surface area contributed by atoms with Gasteiger partial charge < -0.3 is 30.9 Å². The largest absolute Gasteiger partial charge is 0.490 e. The van der Waals surface area contributed by atoms with E-state index >= 15 is 0 Å². The average molecular weight is 449 g/mol. The van der Waals surface area contributed by atoms with E-state index in [0.29, 0.717) is 5.56 Å². The predicted octanol–water partition coefficient (Wildman–Crippen LogP) is -0.856. The van der Waals surface area contributed by atoms with Crippen LogP contribution in [0.25, 0.3) is 0 Å². The van der Waals surface area contributed by atoms with Crippen LogP contribution in [0.1, 0.15) is 12.5 Å². The lowest BCUT2D eigenvalue weighted by Gasteiger charge is -2.24. The van der Waals surface area contributed by atoms with Crippen LogP contribution in [-0.2, 0) is 35.3 Å². The Balaban J connectivity index is 2.91. The number of carbonyl (C=O) groups excluding carboxylic acids is 4. The first-order chi connectivity index (χ1) is 14.5. The highest BCUT2D eigenvalue weighted by Crippen LogP contribution is 2.16. The minimum atomic E-state index is -5.32. The molecule has 0 aromatic heterocycles. The topological polar surface area (TPSA) is 157 Å². The van der Waals surface area contributed by atoms with Gasteiger partial charge in [-0.15, -0.1) is 0 Å². The zero-order valence-electron chi connectivity index (χ0n) is 16.3. The molecule has 0 radical (unpaired) electrons. The van der Waals surface area contributed by atoms with Crippen LogP contribution < -0.4 is 16.4 Å². The molecular formula is C18H22F3N3O7. The maximum Gasteiger partial charge on any atom is 0.490 e. The van der Waals surface area contributed by atoms with Gasteiger partial charge in [0.05, 0.1) is 12.6 Å². The molecule has 0 aliphatic rings. The van der Waals surface area contributed by atoms with Gasteiger partial charge in [-0.2, -0.15) is 13.2 Å². The zero-order valence-corrected chi connectivity index (χ0v) is 16.3. The lowest BCUT2D eigenvalue weighted by molar-refractivity contribution is -0.200. The summed E-state index contributed by atoms with van der Waals surface area (Å²) in [6.45, 7) is -0.840. The summed E-state index contributed by atoms with van der Waals surface area (Å²) in [5, 5.41) is 13.8. The zero-order chi connectivity index (χ0) is 23.6. The molecule has 1 aromatic rings. The van der Waals surface area contributed by atoms with Crippen LogP contribution in [0.4, 0.5) is 13.2 Å². The SMILES string of the molecule is C[C@H](O)[C@H](NC(=O)CN)C(=O)N[C@@H](COC(=O)C(F)(F)F)C(=O)OCc1ccccc1. The van der Waals surface area contributed by atoms with Crippen molar-refractivity contribution in [1.29, 1.82) is 0 Å². The molecule has 172 valence electrons. The third-order valence-corrected chi connectivity index (χ3v) is 3.70. The second-order valence-electron chi connectivity index (χ2n) is 6.24. The molecule has 0 fully saturated rings. The third kappa shape index (κ3) is 9.00. The van der Waals surface area contributed by atoms with E-state index in [1.54, 1.807) is 30.3 Å². The van der Waals surface area contributed by atoms with Gasteiger partial charge >= 0.3 is 18.1 Å². The van der Waals surface area contributed by atoms with E-state index in [1.165, 1.54) is 0 Å². The highest BCUT2D eigenvalue weighted by atomic mass is 19.4. The Hall–Kier alpha value is -3.19. The van der Waals surface area contributed by atoms with Gasteiger partial charge in [-0.25, -0.2) is 9.59 Å². The smallest absolute Gasteiger partial charge is 0.459 e. The van der Waals surface area contributed by atoms with Crippen LogP contribution in [0.2, 0.25) is 0 Å². The van der Waals surface area contributed by atoms with Crippen LogP contribution in [-0.4, -0.2) is 66.4 Å². The lowest BCUT2D eigenvalue weighted by Crippen LogP contribution is -2.57. The van der Waals surface area contributed by atoms with Crippen molar-refractivity contribution in [2.75, 3.05) is 13.2 Å². The first-order valence-electron chi connectivity index (χ1n) is 8.88. The molecule has 5 N–H and O–H groups in total. The minimum absolute atomic E-state index is 0.275. The van der Waals surface area contributed by atoms with Crippen molar-refractivity contribution >= 4 is 23.8 Å². The summed E-state index contributed by atoms with van der Waals surface area (Å²) in [6, 6.07) is 4.79. The van der Waals surface area contributed by atoms with Gasteiger partial charge in [0.1, 0.15) is 19.3 Å². The van der Waals surface area contributed by atoms with E-state index in [-0.39, 0.29) is 6.61 Å². The Labute approximate surface area is 174 Å². The Bertz CT molecular complexity index is 772. The highest BCUT2D eigenvalue weighted by Gasteiger charge is 2.42. The molecule has 10 nitrogen and oxygen atoms in total.